The summed E-state index contributed by atoms with van der Waals surface area (Å²) < 4.78 is 6.48. The third-order valence-electron chi connectivity index (χ3n) is 3.12. The summed E-state index contributed by atoms with van der Waals surface area (Å²) in [5.41, 5.74) is 1.04. The van der Waals surface area contributed by atoms with E-state index in [1.165, 1.54) is 16.4 Å². The summed E-state index contributed by atoms with van der Waals surface area (Å²) >= 11 is 1.19. The number of ether oxygens (including phenoxy) is 1. The van der Waals surface area contributed by atoms with E-state index >= 15 is 0 Å². The topological polar surface area (TPSA) is 112 Å². The molecule has 0 radical (unpaired) electrons. The average molecular weight is 363 g/mol. The second-order valence-electron chi connectivity index (χ2n) is 5.81. The highest BCUT2D eigenvalue weighted by molar-refractivity contribution is 7.99. The van der Waals surface area contributed by atoms with Gasteiger partial charge in [-0.1, -0.05) is 25.6 Å². The van der Waals surface area contributed by atoms with Crippen LogP contribution in [0.25, 0.3) is 0 Å². The summed E-state index contributed by atoms with van der Waals surface area (Å²) in [4.78, 5) is 23.8. The van der Waals surface area contributed by atoms with Crippen molar-refractivity contribution in [3.8, 4) is 0 Å². The van der Waals surface area contributed by atoms with Gasteiger partial charge in [-0.3, -0.25) is 4.79 Å². The minimum atomic E-state index is -0.375. The summed E-state index contributed by atoms with van der Waals surface area (Å²) in [6.07, 6.45) is 0. The van der Waals surface area contributed by atoms with Gasteiger partial charge in [-0.15, -0.1) is 10.2 Å². The molecule has 134 valence electrons. The van der Waals surface area contributed by atoms with Gasteiger partial charge in [0.05, 0.1) is 17.9 Å². The van der Waals surface area contributed by atoms with Crippen molar-refractivity contribution in [2.45, 2.75) is 25.9 Å². The molecule has 25 heavy (non-hydrogen) atoms. The van der Waals surface area contributed by atoms with E-state index < -0.39 is 0 Å². The molecule has 8 nitrogen and oxygen atoms in total. The largest absolute Gasteiger partial charge is 0.462 e. The fourth-order valence-electron chi connectivity index (χ4n) is 1.79. The van der Waals surface area contributed by atoms with Gasteiger partial charge < -0.3 is 15.9 Å². The van der Waals surface area contributed by atoms with Crippen molar-refractivity contribution in [2.75, 3.05) is 23.5 Å². The average Bonchev–Trinajstić information content (AvgIpc) is 2.90. The molecule has 0 aliphatic rings. The molecule has 1 heterocycles. The van der Waals surface area contributed by atoms with Crippen LogP contribution in [0.1, 0.15) is 30.0 Å². The molecule has 2 aromatic rings. The number of nitrogens with zero attached hydrogens (tertiary/aromatic N) is 3. The molecule has 0 fully saturated rings. The Kier molecular flexibility index (Phi) is 6.40. The van der Waals surface area contributed by atoms with Gasteiger partial charge in [0, 0.05) is 5.69 Å². The molecule has 1 amide bonds. The third-order valence-corrected chi connectivity index (χ3v) is 4.06. The Morgan fingerprint density at radius 1 is 1.28 bits per heavy atom. The number of carbonyl (C=O) groups is 2. The van der Waals surface area contributed by atoms with Gasteiger partial charge >= 0.3 is 5.97 Å². The van der Waals surface area contributed by atoms with Crippen molar-refractivity contribution < 1.29 is 14.3 Å². The normalized spacial score (nSPS) is 10.7. The fourth-order valence-corrected chi connectivity index (χ4v) is 2.49. The summed E-state index contributed by atoms with van der Waals surface area (Å²) in [7, 11) is 0. The van der Waals surface area contributed by atoms with Crippen LogP contribution >= 0.6 is 11.8 Å². The number of aromatic nitrogens is 3. The summed E-state index contributed by atoms with van der Waals surface area (Å²) in [5.74, 6) is 6.14. The number of rotatable bonds is 7. The van der Waals surface area contributed by atoms with Crippen LogP contribution in [0, 0.1) is 12.8 Å². The molecule has 3 N–H and O–H groups in total. The molecule has 0 saturated carbocycles. The van der Waals surface area contributed by atoms with E-state index in [1.54, 1.807) is 31.2 Å². The number of hydrogen-bond acceptors (Lipinski definition) is 7. The van der Waals surface area contributed by atoms with Gasteiger partial charge in [0.2, 0.25) is 11.1 Å². The number of anilines is 1. The van der Waals surface area contributed by atoms with Crippen molar-refractivity contribution in [1.29, 1.82) is 0 Å². The maximum atomic E-state index is 12.0. The van der Waals surface area contributed by atoms with Crippen LogP contribution in [0.3, 0.4) is 0 Å². The van der Waals surface area contributed by atoms with E-state index in [0.29, 0.717) is 28.8 Å². The molecule has 9 heteroatoms. The molecule has 0 bridgehead atoms. The first-order valence-electron chi connectivity index (χ1n) is 7.73. The summed E-state index contributed by atoms with van der Waals surface area (Å²) in [6.45, 7) is 6.04. The minimum absolute atomic E-state index is 0.146. The Labute approximate surface area is 150 Å². The molecule has 1 aromatic carbocycles. The van der Waals surface area contributed by atoms with Crippen molar-refractivity contribution in [3.63, 3.8) is 0 Å². The van der Waals surface area contributed by atoms with Crippen LogP contribution in [0.15, 0.2) is 29.4 Å². The summed E-state index contributed by atoms with van der Waals surface area (Å²) in [5, 5.41) is 10.9. The molecule has 0 unspecified atom stereocenters. The van der Waals surface area contributed by atoms with Crippen molar-refractivity contribution in [2.24, 2.45) is 5.92 Å². The number of nitrogens with two attached hydrogens (primary N) is 1. The smallest absolute Gasteiger partial charge is 0.338 e. The van der Waals surface area contributed by atoms with Crippen LogP contribution in [0.5, 0.6) is 0 Å². The number of nitrogen functional groups attached to an aromatic ring is 1. The zero-order valence-electron chi connectivity index (χ0n) is 14.4. The number of nitrogens with one attached hydrogen (secondary N) is 1. The minimum Gasteiger partial charge on any atom is -0.462 e. The Hall–Kier alpha value is -2.55. The molecule has 0 aliphatic heterocycles. The predicted octanol–water partition coefficient (Wildman–Crippen LogP) is 1.84. The number of amides is 1. The molecule has 0 saturated heterocycles. The van der Waals surface area contributed by atoms with Crippen LogP contribution < -0.4 is 11.2 Å². The predicted molar refractivity (Wildman–Crippen MR) is 95.8 cm³/mol. The second kappa shape index (κ2) is 8.52. The molecular formula is C16H21N5O3S. The first-order chi connectivity index (χ1) is 11.9. The maximum Gasteiger partial charge on any atom is 0.338 e. The number of esters is 1. The third kappa shape index (κ3) is 5.49. The van der Waals surface area contributed by atoms with Gasteiger partial charge in [-0.2, -0.15) is 0 Å². The van der Waals surface area contributed by atoms with E-state index in [2.05, 4.69) is 15.5 Å². The lowest BCUT2D eigenvalue weighted by Gasteiger charge is -2.08. The monoisotopic (exact) mass is 363 g/mol. The summed E-state index contributed by atoms with van der Waals surface area (Å²) in [6, 6.07) is 6.55. The number of thioether (sulfide) groups is 1. The van der Waals surface area contributed by atoms with E-state index in [-0.39, 0.29) is 23.5 Å². The Morgan fingerprint density at radius 2 is 1.96 bits per heavy atom. The quantitative estimate of drug-likeness (QED) is 0.438. The molecule has 0 spiro atoms. The van der Waals surface area contributed by atoms with Gasteiger partial charge in [-0.05, 0) is 37.1 Å². The van der Waals surface area contributed by atoms with Crippen LogP contribution in [-0.2, 0) is 9.53 Å². The zero-order valence-corrected chi connectivity index (χ0v) is 15.2. The lowest BCUT2D eigenvalue weighted by atomic mass is 10.2. The lowest BCUT2D eigenvalue weighted by Crippen LogP contribution is -2.16. The van der Waals surface area contributed by atoms with E-state index in [9.17, 15) is 9.59 Å². The Morgan fingerprint density at radius 3 is 2.52 bits per heavy atom. The number of carbonyl (C=O) groups excluding carboxylic acids is 2. The van der Waals surface area contributed by atoms with Crippen LogP contribution in [-0.4, -0.2) is 39.1 Å². The number of aryl methyl sites for hydroxylation is 1. The van der Waals surface area contributed by atoms with E-state index in [1.807, 2.05) is 13.8 Å². The molecule has 0 aliphatic carbocycles. The highest BCUT2D eigenvalue weighted by Gasteiger charge is 2.11. The Balaban J connectivity index is 1.84. The van der Waals surface area contributed by atoms with Gasteiger partial charge in [-0.25, -0.2) is 9.47 Å². The first-order valence-corrected chi connectivity index (χ1v) is 8.72. The fraction of sp³-hybridized carbons (Fsp3) is 0.375. The Bertz CT molecular complexity index is 743. The highest BCUT2D eigenvalue weighted by Crippen LogP contribution is 2.16. The highest BCUT2D eigenvalue weighted by atomic mass is 32.2. The molecular weight excluding hydrogens is 342 g/mol. The molecule has 0 atom stereocenters. The van der Waals surface area contributed by atoms with E-state index in [4.69, 9.17) is 10.6 Å². The van der Waals surface area contributed by atoms with E-state index in [0.717, 1.165) is 0 Å². The van der Waals surface area contributed by atoms with Crippen molar-refractivity contribution in [3.05, 3.63) is 35.7 Å². The van der Waals surface area contributed by atoms with Gasteiger partial charge in [0.25, 0.3) is 0 Å². The maximum absolute atomic E-state index is 12.0. The van der Waals surface area contributed by atoms with Crippen LogP contribution in [0.4, 0.5) is 5.69 Å². The first kappa shape index (κ1) is 18.8. The standard InChI is InChI=1S/C16H21N5O3S/c1-10(2)8-24-15(23)12-4-6-13(7-5-12)18-14(22)9-25-16-20-19-11(3)21(16)17/h4-7,10H,8-9,17H2,1-3H3,(H,18,22). The van der Waals surface area contributed by atoms with Crippen molar-refractivity contribution in [1.82, 2.24) is 14.9 Å². The second-order valence-corrected chi connectivity index (χ2v) is 6.75. The molecule has 1 aromatic heterocycles. The van der Waals surface area contributed by atoms with Crippen LogP contribution in [0.2, 0.25) is 0 Å². The van der Waals surface area contributed by atoms with Gasteiger partial charge in [0.15, 0.2) is 0 Å². The SMILES string of the molecule is Cc1nnc(SCC(=O)Nc2ccc(C(=O)OCC(C)C)cc2)n1N. The zero-order chi connectivity index (χ0) is 18.4. The lowest BCUT2D eigenvalue weighted by molar-refractivity contribution is -0.113. The number of hydrogen-bond donors (Lipinski definition) is 2. The molecule has 2 rings (SSSR count). The number of benzene rings is 1. The van der Waals surface area contributed by atoms with Gasteiger partial charge in [0.1, 0.15) is 5.82 Å². The van der Waals surface area contributed by atoms with Crippen molar-refractivity contribution >= 4 is 29.3 Å².